The Balaban J connectivity index is 2.90. The minimum Gasteiger partial charge on any atom is -0.481 e. The normalized spacial score (nSPS) is 14.5. The van der Waals surface area contributed by atoms with Crippen LogP contribution in [0.1, 0.15) is 12.1 Å². The predicted octanol–water partition coefficient (Wildman–Crippen LogP) is -4.72. The number of nitrogens with two attached hydrogens (primary N) is 1. The molecule has 0 radical (unpaired) electrons. The molecule has 0 bridgehead atoms. The lowest BCUT2D eigenvalue weighted by Gasteiger charge is -2.23. The van der Waals surface area contributed by atoms with Crippen molar-refractivity contribution in [3.05, 3.63) is 18.2 Å². The van der Waals surface area contributed by atoms with Crippen LogP contribution in [0.2, 0.25) is 0 Å². The van der Waals surface area contributed by atoms with Gasteiger partial charge in [0.2, 0.25) is 17.7 Å². The Hall–Kier alpha value is -3.56. The fraction of sp³-hybridized carbons (Fsp3) is 0.500. The molecular weight excluding hydrogens is 420 g/mol. The van der Waals surface area contributed by atoms with Gasteiger partial charge in [-0.25, -0.2) is 9.78 Å². The molecule has 0 saturated carbocycles. The Morgan fingerprint density at radius 3 is 1.97 bits per heavy atom. The first-order chi connectivity index (χ1) is 14.6. The van der Waals surface area contributed by atoms with E-state index < -0.39 is 73.5 Å². The number of carbonyl (C=O) groups is 5. The molecule has 0 aliphatic heterocycles. The summed E-state index contributed by atoms with van der Waals surface area (Å²) >= 11 is 0. The van der Waals surface area contributed by atoms with Gasteiger partial charge in [-0.1, -0.05) is 0 Å². The van der Waals surface area contributed by atoms with Crippen LogP contribution in [-0.4, -0.2) is 97.4 Å². The van der Waals surface area contributed by atoms with Crippen LogP contribution in [0, 0.1) is 0 Å². The first-order valence-electron chi connectivity index (χ1n) is 8.89. The van der Waals surface area contributed by atoms with Gasteiger partial charge in [0.25, 0.3) is 0 Å². The molecule has 15 nitrogen and oxygen atoms in total. The maximum Gasteiger partial charge on any atom is 0.328 e. The van der Waals surface area contributed by atoms with Crippen molar-refractivity contribution >= 4 is 29.7 Å². The van der Waals surface area contributed by atoms with E-state index in [1.165, 1.54) is 12.5 Å². The number of aliphatic hydroxyl groups is 2. The van der Waals surface area contributed by atoms with Gasteiger partial charge in [-0.2, -0.15) is 0 Å². The molecule has 0 aliphatic rings. The van der Waals surface area contributed by atoms with Crippen LogP contribution < -0.4 is 21.7 Å². The minimum atomic E-state index is -1.63. The van der Waals surface area contributed by atoms with Crippen molar-refractivity contribution in [2.45, 2.75) is 37.0 Å². The Morgan fingerprint density at radius 1 is 0.935 bits per heavy atom. The third-order valence-electron chi connectivity index (χ3n) is 3.96. The standard InChI is InChI=1S/C16H24N6O9/c17-8(2-12(25)26)13(27)21-10(4-23)15(29)20-9(1-7-3-18-6-19-7)14(28)22-11(5-24)16(30)31/h3,6,8-11,23-24H,1-2,4-5,17H2,(H,18,19)(H,20,29)(H,21,27)(H,22,28)(H,25,26)(H,30,31). The van der Waals surface area contributed by atoms with Gasteiger partial charge in [-0.15, -0.1) is 0 Å². The molecule has 1 aromatic heterocycles. The maximum absolute atomic E-state index is 12.5. The molecular formula is C16H24N6O9. The Morgan fingerprint density at radius 2 is 1.48 bits per heavy atom. The van der Waals surface area contributed by atoms with Gasteiger partial charge < -0.3 is 47.1 Å². The molecule has 4 unspecified atom stereocenters. The number of aliphatic carboxylic acids is 2. The number of aliphatic hydroxyl groups excluding tert-OH is 2. The number of aromatic amines is 1. The molecule has 4 atom stereocenters. The van der Waals surface area contributed by atoms with Crippen molar-refractivity contribution < 1.29 is 44.4 Å². The van der Waals surface area contributed by atoms with Crippen molar-refractivity contribution in [1.29, 1.82) is 0 Å². The summed E-state index contributed by atoms with van der Waals surface area (Å²) < 4.78 is 0. The molecule has 3 amide bonds. The summed E-state index contributed by atoms with van der Waals surface area (Å²) in [5.74, 6) is -5.85. The van der Waals surface area contributed by atoms with Gasteiger partial charge in [0, 0.05) is 18.3 Å². The van der Waals surface area contributed by atoms with E-state index in [1.54, 1.807) is 0 Å². The lowest BCUT2D eigenvalue weighted by atomic mass is 10.1. The zero-order valence-electron chi connectivity index (χ0n) is 16.1. The lowest BCUT2D eigenvalue weighted by Crippen LogP contribution is -2.59. The zero-order chi connectivity index (χ0) is 23.6. The van der Waals surface area contributed by atoms with Crippen LogP contribution in [0.25, 0.3) is 0 Å². The van der Waals surface area contributed by atoms with E-state index in [9.17, 15) is 29.1 Å². The van der Waals surface area contributed by atoms with Crippen LogP contribution in [0.5, 0.6) is 0 Å². The molecule has 1 rings (SSSR count). The summed E-state index contributed by atoms with van der Waals surface area (Å²) in [7, 11) is 0. The molecule has 0 aliphatic carbocycles. The van der Waals surface area contributed by atoms with E-state index in [4.69, 9.17) is 21.1 Å². The molecule has 0 saturated heterocycles. The summed E-state index contributed by atoms with van der Waals surface area (Å²) in [4.78, 5) is 65.0. The van der Waals surface area contributed by atoms with Crippen molar-refractivity contribution in [1.82, 2.24) is 25.9 Å². The number of imidazole rings is 1. The smallest absolute Gasteiger partial charge is 0.328 e. The number of H-pyrrole nitrogens is 1. The first kappa shape index (κ1) is 25.5. The summed E-state index contributed by atoms with van der Waals surface area (Å²) in [6, 6.07) is -6.06. The van der Waals surface area contributed by atoms with Crippen molar-refractivity contribution in [2.75, 3.05) is 13.2 Å². The molecule has 10 N–H and O–H groups in total. The van der Waals surface area contributed by atoms with Gasteiger partial charge in [0.15, 0.2) is 0 Å². The van der Waals surface area contributed by atoms with Gasteiger partial charge in [-0.05, 0) is 0 Å². The number of amides is 3. The van der Waals surface area contributed by atoms with Crippen LogP contribution >= 0.6 is 0 Å². The topological polar surface area (TPSA) is 257 Å². The quantitative estimate of drug-likeness (QED) is 0.139. The number of nitrogens with zero attached hydrogens (tertiary/aromatic N) is 1. The SMILES string of the molecule is NC(CC(=O)O)C(=O)NC(CO)C(=O)NC(Cc1cnc[nH]1)C(=O)NC(CO)C(=O)O. The summed E-state index contributed by atoms with van der Waals surface area (Å²) in [6.45, 7) is -1.80. The molecule has 0 aromatic carbocycles. The monoisotopic (exact) mass is 444 g/mol. The largest absolute Gasteiger partial charge is 0.481 e. The average molecular weight is 444 g/mol. The van der Waals surface area contributed by atoms with E-state index in [0.717, 1.165) is 0 Å². The number of rotatable bonds is 13. The second-order valence-corrected chi connectivity index (χ2v) is 6.37. The van der Waals surface area contributed by atoms with E-state index in [-0.39, 0.29) is 6.42 Å². The van der Waals surface area contributed by atoms with Gasteiger partial charge in [0.05, 0.1) is 32.0 Å². The van der Waals surface area contributed by atoms with Crippen LogP contribution in [0.4, 0.5) is 0 Å². The summed E-state index contributed by atoms with van der Waals surface area (Å²) in [5, 5.41) is 42.5. The third kappa shape index (κ3) is 8.37. The Kier molecular flexibility index (Phi) is 10.0. The Bertz CT molecular complexity index is 785. The highest BCUT2D eigenvalue weighted by Gasteiger charge is 2.30. The van der Waals surface area contributed by atoms with E-state index in [2.05, 4.69) is 20.6 Å². The van der Waals surface area contributed by atoms with Crippen LogP contribution in [-0.2, 0) is 30.4 Å². The van der Waals surface area contributed by atoms with Crippen LogP contribution in [0.15, 0.2) is 12.5 Å². The highest BCUT2D eigenvalue weighted by Crippen LogP contribution is 2.01. The van der Waals surface area contributed by atoms with E-state index in [0.29, 0.717) is 5.69 Å². The maximum atomic E-state index is 12.5. The number of nitrogens with one attached hydrogen (secondary N) is 4. The van der Waals surface area contributed by atoms with Crippen LogP contribution in [0.3, 0.4) is 0 Å². The van der Waals surface area contributed by atoms with Crippen molar-refractivity contribution in [3.63, 3.8) is 0 Å². The van der Waals surface area contributed by atoms with Crippen molar-refractivity contribution in [2.24, 2.45) is 5.73 Å². The first-order valence-corrected chi connectivity index (χ1v) is 8.89. The van der Waals surface area contributed by atoms with E-state index >= 15 is 0 Å². The van der Waals surface area contributed by atoms with E-state index in [1.807, 2.05) is 5.32 Å². The van der Waals surface area contributed by atoms with Gasteiger partial charge in [0.1, 0.15) is 18.1 Å². The Labute approximate surface area is 175 Å². The molecule has 1 aromatic rings. The fourth-order valence-electron chi connectivity index (χ4n) is 2.31. The third-order valence-corrected chi connectivity index (χ3v) is 3.96. The second kappa shape index (κ2) is 12.2. The molecule has 15 heteroatoms. The molecule has 0 fully saturated rings. The van der Waals surface area contributed by atoms with Gasteiger partial charge in [-0.3, -0.25) is 19.2 Å². The lowest BCUT2D eigenvalue weighted by molar-refractivity contribution is -0.143. The molecule has 1 heterocycles. The van der Waals surface area contributed by atoms with Crippen molar-refractivity contribution in [3.8, 4) is 0 Å². The summed E-state index contributed by atoms with van der Waals surface area (Å²) in [5.41, 5.74) is 5.79. The predicted molar refractivity (Wildman–Crippen MR) is 100 cm³/mol. The number of carbonyl (C=O) groups excluding carboxylic acids is 3. The fourth-order valence-corrected chi connectivity index (χ4v) is 2.31. The molecule has 172 valence electrons. The van der Waals surface area contributed by atoms with Gasteiger partial charge >= 0.3 is 11.9 Å². The second-order valence-electron chi connectivity index (χ2n) is 6.37. The number of aromatic nitrogens is 2. The number of hydrogen-bond donors (Lipinski definition) is 9. The highest BCUT2D eigenvalue weighted by molar-refractivity contribution is 5.94. The number of hydrogen-bond acceptors (Lipinski definition) is 9. The number of carboxylic acid groups (broad SMARTS) is 2. The highest BCUT2D eigenvalue weighted by atomic mass is 16.4. The molecule has 31 heavy (non-hydrogen) atoms. The zero-order valence-corrected chi connectivity index (χ0v) is 16.1. The average Bonchev–Trinajstić information content (AvgIpc) is 3.21. The summed E-state index contributed by atoms with van der Waals surface area (Å²) in [6.07, 6.45) is 1.78. The number of carboxylic acids is 2. The minimum absolute atomic E-state index is 0.167. The molecule has 0 spiro atoms.